The molecule has 0 saturated heterocycles. The van der Waals surface area contributed by atoms with Crippen LogP contribution in [0, 0.1) is 11.8 Å². The zero-order valence-corrected chi connectivity index (χ0v) is 19.4. The van der Waals surface area contributed by atoms with Gasteiger partial charge >= 0.3 is 17.9 Å². The summed E-state index contributed by atoms with van der Waals surface area (Å²) < 4.78 is 15.7. The number of carbonyl (C=O) groups is 4. The van der Waals surface area contributed by atoms with E-state index in [4.69, 9.17) is 14.2 Å². The molecule has 0 saturated carbocycles. The maximum absolute atomic E-state index is 13.4. The molecule has 2 aliphatic rings. The van der Waals surface area contributed by atoms with Crippen molar-refractivity contribution in [1.82, 2.24) is 0 Å². The second-order valence-corrected chi connectivity index (χ2v) is 8.28. The molecule has 0 aromatic heterocycles. The molecular formula is C25H34O7. The highest BCUT2D eigenvalue weighted by molar-refractivity contribution is 6.02. The normalized spacial score (nSPS) is 24.9. The summed E-state index contributed by atoms with van der Waals surface area (Å²) in [4.78, 5) is 48.5. The highest BCUT2D eigenvalue weighted by atomic mass is 16.6. The number of ether oxygens (including phenoxy) is 3. The van der Waals surface area contributed by atoms with Gasteiger partial charge in [0.1, 0.15) is 6.10 Å². The van der Waals surface area contributed by atoms with E-state index in [1.807, 2.05) is 12.2 Å². The van der Waals surface area contributed by atoms with Crippen LogP contribution in [0.1, 0.15) is 65.7 Å². The lowest BCUT2D eigenvalue weighted by Crippen LogP contribution is -2.47. The molecule has 0 amide bonds. The largest absolute Gasteiger partial charge is 0.469 e. The molecule has 0 aliphatic heterocycles. The lowest BCUT2D eigenvalue weighted by molar-refractivity contribution is -0.160. The van der Waals surface area contributed by atoms with Crippen molar-refractivity contribution in [3.8, 4) is 0 Å². The molecular weight excluding hydrogens is 412 g/mol. The van der Waals surface area contributed by atoms with Gasteiger partial charge in [0.15, 0.2) is 5.78 Å². The minimum absolute atomic E-state index is 0.0614. The summed E-state index contributed by atoms with van der Waals surface area (Å²) in [6.07, 6.45) is 13.8. The average Bonchev–Trinajstić information content (AvgIpc) is 2.89. The maximum atomic E-state index is 13.4. The molecule has 7 nitrogen and oxygen atoms in total. The fraction of sp³-hybridized carbons (Fsp3) is 0.600. The van der Waals surface area contributed by atoms with E-state index in [1.165, 1.54) is 27.4 Å². The number of fused-ring (bicyclic) bond motifs is 2. The van der Waals surface area contributed by atoms with Gasteiger partial charge in [-0.05, 0) is 37.3 Å². The van der Waals surface area contributed by atoms with Gasteiger partial charge in [0, 0.05) is 26.2 Å². The van der Waals surface area contributed by atoms with E-state index < -0.39 is 41.4 Å². The number of unbranched alkanes of at least 4 members (excludes halogenated alkanes) is 3. The number of hydrogen-bond donors (Lipinski definition) is 0. The molecule has 32 heavy (non-hydrogen) atoms. The Bertz CT molecular complexity index is 807. The molecule has 2 rings (SSSR count). The molecule has 0 unspecified atom stereocenters. The van der Waals surface area contributed by atoms with Gasteiger partial charge in [-0.15, -0.1) is 0 Å². The molecule has 0 aromatic carbocycles. The molecule has 7 heteroatoms. The third kappa shape index (κ3) is 6.17. The van der Waals surface area contributed by atoms with Crippen LogP contribution >= 0.6 is 0 Å². The van der Waals surface area contributed by atoms with Crippen LogP contribution in [0.2, 0.25) is 0 Å². The third-order valence-corrected chi connectivity index (χ3v) is 5.89. The van der Waals surface area contributed by atoms with Crippen LogP contribution in [0.3, 0.4) is 0 Å². The van der Waals surface area contributed by atoms with Crippen LogP contribution in [0.25, 0.3) is 0 Å². The van der Waals surface area contributed by atoms with E-state index in [0.29, 0.717) is 12.0 Å². The van der Waals surface area contributed by atoms with Gasteiger partial charge in [-0.2, -0.15) is 0 Å². The van der Waals surface area contributed by atoms with Crippen LogP contribution in [-0.4, -0.2) is 42.5 Å². The number of ketones is 1. The van der Waals surface area contributed by atoms with Crippen molar-refractivity contribution in [3.05, 3.63) is 36.0 Å². The molecule has 4 atom stereocenters. The first-order chi connectivity index (χ1) is 15.2. The van der Waals surface area contributed by atoms with Gasteiger partial charge in [-0.1, -0.05) is 44.1 Å². The summed E-state index contributed by atoms with van der Waals surface area (Å²) in [7, 11) is 1.29. The van der Waals surface area contributed by atoms with Crippen LogP contribution in [0.5, 0.6) is 0 Å². The first-order valence-corrected chi connectivity index (χ1v) is 11.3. The van der Waals surface area contributed by atoms with E-state index in [0.717, 1.165) is 19.3 Å². The molecule has 2 aliphatic carbocycles. The first-order valence-electron chi connectivity index (χ1n) is 11.3. The number of Topliss-reactive ketones (excluding diaryl/α,β-unsaturated/α-hetero) is 1. The molecule has 0 fully saturated rings. The van der Waals surface area contributed by atoms with Crippen molar-refractivity contribution >= 4 is 23.7 Å². The predicted molar refractivity (Wildman–Crippen MR) is 118 cm³/mol. The smallest absolute Gasteiger partial charge is 0.305 e. The first kappa shape index (κ1) is 25.6. The second kappa shape index (κ2) is 11.8. The van der Waals surface area contributed by atoms with Crippen molar-refractivity contribution in [1.29, 1.82) is 0 Å². The van der Waals surface area contributed by atoms with E-state index in [2.05, 4.69) is 13.0 Å². The lowest BCUT2D eigenvalue weighted by Gasteiger charge is -2.35. The van der Waals surface area contributed by atoms with Crippen LogP contribution < -0.4 is 0 Å². The van der Waals surface area contributed by atoms with Crippen molar-refractivity contribution in [2.45, 2.75) is 77.4 Å². The minimum atomic E-state index is -1.41. The van der Waals surface area contributed by atoms with Gasteiger partial charge in [0.05, 0.1) is 13.0 Å². The molecule has 0 heterocycles. The molecule has 0 spiro atoms. The summed E-state index contributed by atoms with van der Waals surface area (Å²) in [5.74, 6) is -2.75. The zero-order valence-electron chi connectivity index (χ0n) is 19.4. The predicted octanol–water partition coefficient (Wildman–Crippen LogP) is 4.01. The summed E-state index contributed by atoms with van der Waals surface area (Å²) in [5.41, 5.74) is -0.702. The standard InChI is InChI=1S/C25H34O7/c1-5-6-7-8-9-10-11-19-16-21-20(14-15-25(19,24(21)29)32-18(3)27)22(31-17(2)26)12-13-23(28)30-4/h9-10,14-16,20-22H,5-8,11-13H2,1-4H3/b10-9-/t20-,21-,22-,25+/m1/s1. The van der Waals surface area contributed by atoms with Gasteiger partial charge in [-0.3, -0.25) is 19.2 Å². The van der Waals surface area contributed by atoms with E-state index in [-0.39, 0.29) is 18.6 Å². The number of rotatable bonds is 12. The fourth-order valence-corrected chi connectivity index (χ4v) is 4.36. The highest BCUT2D eigenvalue weighted by Gasteiger charge is 2.56. The highest BCUT2D eigenvalue weighted by Crippen LogP contribution is 2.46. The average molecular weight is 447 g/mol. The SMILES string of the molecule is CCCCC/C=C\CC1=C[C@H]2C(=O)[C@]1(OC(C)=O)C=C[C@H]2[C@@H](CCC(=O)OC)OC(C)=O. The lowest BCUT2D eigenvalue weighted by atomic mass is 9.76. The Kier molecular flexibility index (Phi) is 9.42. The molecule has 0 radical (unpaired) electrons. The Labute approximate surface area is 189 Å². The van der Waals surface area contributed by atoms with Crippen LogP contribution in [-0.2, 0) is 33.4 Å². The minimum Gasteiger partial charge on any atom is -0.469 e. The van der Waals surface area contributed by atoms with Gasteiger partial charge in [-0.25, -0.2) is 0 Å². The van der Waals surface area contributed by atoms with Crippen molar-refractivity contribution in [2.24, 2.45) is 11.8 Å². The van der Waals surface area contributed by atoms with E-state index >= 15 is 0 Å². The van der Waals surface area contributed by atoms with Crippen molar-refractivity contribution in [2.75, 3.05) is 7.11 Å². The maximum Gasteiger partial charge on any atom is 0.305 e. The Hall–Kier alpha value is -2.70. The number of esters is 3. The number of methoxy groups -OCH3 is 1. The third-order valence-electron chi connectivity index (χ3n) is 5.89. The number of carbonyl (C=O) groups excluding carboxylic acids is 4. The van der Waals surface area contributed by atoms with Crippen molar-refractivity contribution in [3.63, 3.8) is 0 Å². The quantitative estimate of drug-likeness (QED) is 0.193. The molecule has 2 bridgehead atoms. The Balaban J connectivity index is 2.27. The summed E-state index contributed by atoms with van der Waals surface area (Å²) in [6, 6.07) is 0. The summed E-state index contributed by atoms with van der Waals surface area (Å²) in [5, 5.41) is 0. The Morgan fingerprint density at radius 1 is 1.16 bits per heavy atom. The molecule has 0 aromatic rings. The molecule has 0 N–H and O–H groups in total. The van der Waals surface area contributed by atoms with E-state index in [1.54, 1.807) is 12.2 Å². The zero-order chi connectivity index (χ0) is 23.7. The number of allylic oxidation sites excluding steroid dienone is 3. The molecule has 176 valence electrons. The summed E-state index contributed by atoms with van der Waals surface area (Å²) >= 11 is 0. The van der Waals surface area contributed by atoms with Gasteiger partial charge in [0.25, 0.3) is 0 Å². The van der Waals surface area contributed by atoms with Crippen LogP contribution in [0.15, 0.2) is 36.0 Å². The van der Waals surface area contributed by atoms with Crippen molar-refractivity contribution < 1.29 is 33.4 Å². The topological polar surface area (TPSA) is 96.0 Å². The summed E-state index contributed by atoms with van der Waals surface area (Å²) in [6.45, 7) is 4.73. The monoisotopic (exact) mass is 446 g/mol. The Morgan fingerprint density at radius 2 is 1.91 bits per heavy atom. The number of hydrogen-bond acceptors (Lipinski definition) is 7. The Morgan fingerprint density at radius 3 is 2.53 bits per heavy atom. The van der Waals surface area contributed by atoms with Gasteiger partial charge in [0.2, 0.25) is 5.60 Å². The van der Waals surface area contributed by atoms with E-state index in [9.17, 15) is 19.2 Å². The fourth-order valence-electron chi connectivity index (χ4n) is 4.36. The van der Waals surface area contributed by atoms with Gasteiger partial charge < -0.3 is 14.2 Å². The second-order valence-electron chi connectivity index (χ2n) is 8.28. The van der Waals surface area contributed by atoms with Crippen LogP contribution in [0.4, 0.5) is 0 Å².